The summed E-state index contributed by atoms with van der Waals surface area (Å²) in [6.07, 6.45) is 2.12. The van der Waals surface area contributed by atoms with Crippen molar-refractivity contribution in [2.75, 3.05) is 18.5 Å². The molecule has 0 spiro atoms. The smallest absolute Gasteiger partial charge is 0.264 e. The van der Waals surface area contributed by atoms with E-state index in [0.29, 0.717) is 11.7 Å². The summed E-state index contributed by atoms with van der Waals surface area (Å²) >= 11 is 4.99. The number of carbonyl (C=O) groups is 1. The predicted octanol–water partition coefficient (Wildman–Crippen LogP) is 6.69. The maximum atomic E-state index is 12.4. The van der Waals surface area contributed by atoms with Gasteiger partial charge in [-0.1, -0.05) is 54.5 Å². The first-order valence-electron chi connectivity index (χ1n) is 10.1. The molecule has 160 valence electrons. The van der Waals surface area contributed by atoms with E-state index < -0.39 is 0 Å². The van der Waals surface area contributed by atoms with E-state index in [9.17, 15) is 4.79 Å². The highest BCUT2D eigenvalue weighted by atomic mass is 79.9. The molecular formula is C23H27BrN2O3S. The number of benzene rings is 2. The summed E-state index contributed by atoms with van der Waals surface area (Å²) < 4.78 is 13.6. The zero-order valence-electron chi connectivity index (χ0n) is 17.8. The number of carbonyl (C=O) groups excluding carboxylic acids is 1. The molecule has 0 saturated carbocycles. The minimum absolute atomic E-state index is 0.0674. The first-order chi connectivity index (χ1) is 14.4. The number of halogens is 1. The molecule has 2 aromatic carbocycles. The van der Waals surface area contributed by atoms with Crippen molar-refractivity contribution in [1.82, 2.24) is 4.98 Å². The van der Waals surface area contributed by atoms with Crippen LogP contribution in [-0.2, 0) is 4.79 Å². The van der Waals surface area contributed by atoms with Gasteiger partial charge in [0.05, 0.1) is 16.8 Å². The molecule has 5 nitrogen and oxygen atoms in total. The minimum Gasteiger partial charge on any atom is -0.494 e. The normalized spacial score (nSPS) is 11.1. The molecule has 1 heterocycles. The Morgan fingerprint density at radius 1 is 1.23 bits per heavy atom. The Morgan fingerprint density at radius 2 is 2.03 bits per heavy atom. The number of hydrogen-bond donors (Lipinski definition) is 1. The molecule has 0 aliphatic carbocycles. The molecule has 7 heteroatoms. The van der Waals surface area contributed by atoms with Gasteiger partial charge in [0.2, 0.25) is 0 Å². The lowest BCUT2D eigenvalue weighted by Gasteiger charge is -2.15. The number of fused-ring (bicyclic) bond motifs is 1. The zero-order chi connectivity index (χ0) is 21.7. The molecule has 3 rings (SSSR count). The van der Waals surface area contributed by atoms with Crippen molar-refractivity contribution in [2.24, 2.45) is 0 Å². The summed E-state index contributed by atoms with van der Waals surface area (Å²) in [5, 5.41) is 3.40. The van der Waals surface area contributed by atoms with E-state index >= 15 is 0 Å². The van der Waals surface area contributed by atoms with Crippen LogP contribution in [0.1, 0.15) is 50.7 Å². The second kappa shape index (κ2) is 10.3. The van der Waals surface area contributed by atoms with E-state index in [1.807, 2.05) is 31.2 Å². The van der Waals surface area contributed by atoms with Crippen molar-refractivity contribution in [3.05, 3.63) is 45.9 Å². The van der Waals surface area contributed by atoms with Gasteiger partial charge in [-0.15, -0.1) is 0 Å². The second-order valence-electron chi connectivity index (χ2n) is 7.48. The Balaban J connectivity index is 1.64. The highest BCUT2D eigenvalue weighted by Gasteiger charge is 2.14. The first kappa shape index (κ1) is 22.6. The molecular weight excluding hydrogens is 464 g/mol. The third-order valence-corrected chi connectivity index (χ3v) is 6.43. The van der Waals surface area contributed by atoms with Crippen LogP contribution in [0.4, 0.5) is 5.13 Å². The number of amides is 1. The van der Waals surface area contributed by atoms with Crippen LogP contribution < -0.4 is 14.8 Å². The van der Waals surface area contributed by atoms with Gasteiger partial charge in [-0.3, -0.25) is 10.1 Å². The number of nitrogens with zero attached hydrogens (tertiary/aromatic N) is 1. The van der Waals surface area contributed by atoms with E-state index in [2.05, 4.69) is 53.1 Å². The Labute approximate surface area is 189 Å². The van der Waals surface area contributed by atoms with Crippen molar-refractivity contribution in [3.63, 3.8) is 0 Å². The van der Waals surface area contributed by atoms with Crippen LogP contribution in [-0.4, -0.2) is 24.1 Å². The van der Waals surface area contributed by atoms with Gasteiger partial charge in [0.15, 0.2) is 11.7 Å². The lowest BCUT2D eigenvalue weighted by Crippen LogP contribution is -2.20. The summed E-state index contributed by atoms with van der Waals surface area (Å²) in [5.41, 5.74) is 2.97. The molecule has 0 radical (unpaired) electrons. The third kappa shape index (κ3) is 5.73. The zero-order valence-corrected chi connectivity index (χ0v) is 20.2. The van der Waals surface area contributed by atoms with Crippen LogP contribution in [0.3, 0.4) is 0 Å². The number of unbranched alkanes of at least 4 members (excludes halogenated alkanes) is 1. The predicted molar refractivity (Wildman–Crippen MR) is 127 cm³/mol. The first-order valence-corrected chi connectivity index (χ1v) is 11.7. The van der Waals surface area contributed by atoms with E-state index in [4.69, 9.17) is 9.47 Å². The molecule has 0 fully saturated rings. The standard InChI is InChI=1S/C23H27BrN2O3S/c1-5-6-9-28-16-7-8-19-21(11-16)30-23(25-19)26-22(27)13-29-20-10-15(4)18(24)12-17(20)14(2)3/h7-8,10-12,14H,5-6,9,13H2,1-4H3,(H,25,26,27). The monoisotopic (exact) mass is 490 g/mol. The van der Waals surface area contributed by atoms with Crippen LogP contribution in [0.25, 0.3) is 10.2 Å². The lowest BCUT2D eigenvalue weighted by molar-refractivity contribution is -0.118. The van der Waals surface area contributed by atoms with E-state index in [1.165, 1.54) is 11.3 Å². The largest absolute Gasteiger partial charge is 0.494 e. The van der Waals surface area contributed by atoms with Crippen LogP contribution in [0.2, 0.25) is 0 Å². The second-order valence-corrected chi connectivity index (χ2v) is 9.37. The highest BCUT2D eigenvalue weighted by molar-refractivity contribution is 9.10. The fraction of sp³-hybridized carbons (Fsp3) is 0.391. The van der Waals surface area contributed by atoms with Crippen LogP contribution in [0, 0.1) is 6.92 Å². The van der Waals surface area contributed by atoms with Crippen LogP contribution in [0.15, 0.2) is 34.8 Å². The quantitative estimate of drug-likeness (QED) is 0.339. The van der Waals surface area contributed by atoms with E-state index in [1.54, 1.807) is 0 Å². The van der Waals surface area contributed by atoms with Crippen LogP contribution in [0.5, 0.6) is 11.5 Å². The number of rotatable bonds is 9. The minimum atomic E-state index is -0.233. The lowest BCUT2D eigenvalue weighted by atomic mass is 10.0. The maximum absolute atomic E-state index is 12.4. The SMILES string of the molecule is CCCCOc1ccc2nc(NC(=O)COc3cc(C)c(Br)cc3C(C)C)sc2c1. The fourth-order valence-electron chi connectivity index (χ4n) is 2.93. The molecule has 0 aliphatic heterocycles. The molecule has 0 bridgehead atoms. The molecule has 0 atom stereocenters. The van der Waals surface area contributed by atoms with Crippen LogP contribution >= 0.6 is 27.3 Å². The molecule has 3 aromatic rings. The molecule has 1 N–H and O–H groups in total. The Bertz CT molecular complexity index is 1030. The molecule has 0 aliphatic rings. The average Bonchev–Trinajstić information content (AvgIpc) is 3.10. The molecule has 1 aromatic heterocycles. The van der Waals surface area contributed by atoms with Crippen molar-refractivity contribution in [3.8, 4) is 11.5 Å². The van der Waals surface area contributed by atoms with Gasteiger partial charge in [0, 0.05) is 4.47 Å². The van der Waals surface area contributed by atoms with Crippen molar-refractivity contribution in [2.45, 2.75) is 46.5 Å². The van der Waals surface area contributed by atoms with Crippen molar-refractivity contribution >= 4 is 48.5 Å². The number of thiazole rings is 1. The van der Waals surface area contributed by atoms with Gasteiger partial charge >= 0.3 is 0 Å². The molecule has 0 saturated heterocycles. The number of nitrogens with one attached hydrogen (secondary N) is 1. The van der Waals surface area contributed by atoms with Gasteiger partial charge in [-0.25, -0.2) is 4.98 Å². The Hall–Kier alpha value is -2.12. The van der Waals surface area contributed by atoms with Gasteiger partial charge in [-0.05, 0) is 60.7 Å². The Kier molecular flexibility index (Phi) is 7.72. The number of ether oxygens (including phenoxy) is 2. The molecule has 1 amide bonds. The summed E-state index contributed by atoms with van der Waals surface area (Å²) in [6, 6.07) is 9.81. The summed E-state index contributed by atoms with van der Waals surface area (Å²) in [7, 11) is 0. The number of hydrogen-bond acceptors (Lipinski definition) is 5. The number of aromatic nitrogens is 1. The summed E-state index contributed by atoms with van der Waals surface area (Å²) in [4.78, 5) is 16.9. The fourth-order valence-corrected chi connectivity index (χ4v) is 4.20. The van der Waals surface area contributed by atoms with Gasteiger partial charge in [0.25, 0.3) is 5.91 Å². The highest BCUT2D eigenvalue weighted by Crippen LogP contribution is 2.32. The topological polar surface area (TPSA) is 60.5 Å². The summed E-state index contributed by atoms with van der Waals surface area (Å²) in [6.45, 7) is 8.98. The van der Waals surface area contributed by atoms with Gasteiger partial charge in [0.1, 0.15) is 11.5 Å². The number of aryl methyl sites for hydroxylation is 1. The van der Waals surface area contributed by atoms with Crippen molar-refractivity contribution < 1.29 is 14.3 Å². The number of anilines is 1. The van der Waals surface area contributed by atoms with E-state index in [0.717, 1.165) is 50.2 Å². The molecule has 30 heavy (non-hydrogen) atoms. The Morgan fingerprint density at radius 3 is 2.77 bits per heavy atom. The van der Waals surface area contributed by atoms with E-state index in [-0.39, 0.29) is 18.4 Å². The van der Waals surface area contributed by atoms with Crippen molar-refractivity contribution in [1.29, 1.82) is 0 Å². The summed E-state index contributed by atoms with van der Waals surface area (Å²) in [5.74, 6) is 1.62. The third-order valence-electron chi connectivity index (χ3n) is 4.64. The average molecular weight is 491 g/mol. The van der Waals surface area contributed by atoms with Gasteiger partial charge in [-0.2, -0.15) is 0 Å². The molecule has 0 unspecified atom stereocenters. The maximum Gasteiger partial charge on any atom is 0.264 e. The van der Waals surface area contributed by atoms with Gasteiger partial charge < -0.3 is 9.47 Å².